The fourth-order valence-corrected chi connectivity index (χ4v) is 3.02. The molecule has 1 amide bonds. The fraction of sp³-hybridized carbons (Fsp3) is 0.217. The van der Waals surface area contributed by atoms with Crippen molar-refractivity contribution >= 4 is 11.6 Å². The number of aryl methyl sites for hydroxylation is 1. The number of benzene rings is 2. The quantitative estimate of drug-likeness (QED) is 0.640. The predicted octanol–water partition coefficient (Wildman–Crippen LogP) is 4.79. The number of anilines is 1. The van der Waals surface area contributed by atoms with E-state index in [9.17, 15) is 4.79 Å². The minimum atomic E-state index is -0.283. The third-order valence-electron chi connectivity index (χ3n) is 4.56. The summed E-state index contributed by atoms with van der Waals surface area (Å²) < 4.78 is 1.94. The van der Waals surface area contributed by atoms with Gasteiger partial charge in [0.15, 0.2) is 12.4 Å². The third-order valence-corrected chi connectivity index (χ3v) is 4.56. The Morgan fingerprint density at radius 2 is 1.62 bits per heavy atom. The number of nitrogens with zero attached hydrogens (tertiary/aromatic N) is 1. The summed E-state index contributed by atoms with van der Waals surface area (Å²) in [6.45, 7) is 4.08. The molecule has 0 fully saturated rings. The Morgan fingerprint density at radius 3 is 2.31 bits per heavy atom. The molecule has 1 aromatic heterocycles. The molecule has 0 spiro atoms. The number of nitrogens with one attached hydrogen (secondary N) is 1. The summed E-state index contributed by atoms with van der Waals surface area (Å²) in [7, 11) is 0. The molecular weight excluding hydrogens is 320 g/mol. The van der Waals surface area contributed by atoms with Gasteiger partial charge in [0.05, 0.1) is 0 Å². The lowest BCUT2D eigenvalue weighted by molar-refractivity contribution is -0.705. The van der Waals surface area contributed by atoms with Crippen molar-refractivity contribution in [2.24, 2.45) is 0 Å². The number of para-hydroxylation sites is 1. The topological polar surface area (TPSA) is 33.0 Å². The van der Waals surface area contributed by atoms with Gasteiger partial charge in [0, 0.05) is 30.3 Å². The molecule has 1 N–H and O–H groups in total. The second kappa shape index (κ2) is 8.43. The van der Waals surface area contributed by atoms with Gasteiger partial charge < -0.3 is 5.32 Å². The second-order valence-electron chi connectivity index (χ2n) is 6.48. The maximum Gasteiger partial charge on any atom is 0.293 e. The van der Waals surface area contributed by atoms with Crippen LogP contribution >= 0.6 is 0 Å². The molecule has 0 saturated carbocycles. The van der Waals surface area contributed by atoms with Crippen molar-refractivity contribution in [2.75, 3.05) is 5.32 Å². The van der Waals surface area contributed by atoms with E-state index in [0.717, 1.165) is 29.7 Å². The summed E-state index contributed by atoms with van der Waals surface area (Å²) in [6, 6.07) is 21.9. The zero-order valence-electron chi connectivity index (χ0n) is 15.4. The van der Waals surface area contributed by atoms with E-state index in [4.69, 9.17) is 0 Å². The number of rotatable bonds is 6. The molecule has 1 heterocycles. The number of pyridine rings is 1. The van der Waals surface area contributed by atoms with Crippen LogP contribution in [0.15, 0.2) is 79.1 Å². The fourth-order valence-electron chi connectivity index (χ4n) is 3.02. The molecule has 0 aliphatic carbocycles. The minimum Gasteiger partial charge on any atom is -0.320 e. The molecule has 3 aromatic rings. The van der Waals surface area contributed by atoms with Crippen LogP contribution in [0.3, 0.4) is 0 Å². The highest BCUT2D eigenvalue weighted by Crippen LogP contribution is 2.27. The number of hydrogen-bond donors (Lipinski definition) is 1. The summed E-state index contributed by atoms with van der Waals surface area (Å²) in [6.07, 6.45) is 6.15. The SMILES string of the molecule is CCCc1cc[n+]([C@@H](C)C(=O)Nc2ccccc2-c2ccccc2)cc1. The molecule has 3 nitrogen and oxygen atoms in total. The van der Waals surface area contributed by atoms with Crippen LogP contribution in [0.2, 0.25) is 0 Å². The van der Waals surface area contributed by atoms with Crippen molar-refractivity contribution in [3.63, 3.8) is 0 Å². The highest BCUT2D eigenvalue weighted by molar-refractivity contribution is 5.96. The molecule has 2 aromatic carbocycles. The Morgan fingerprint density at radius 1 is 0.962 bits per heavy atom. The molecule has 0 saturated heterocycles. The van der Waals surface area contributed by atoms with Gasteiger partial charge in [-0.15, -0.1) is 0 Å². The van der Waals surface area contributed by atoms with Gasteiger partial charge in [-0.05, 0) is 23.6 Å². The van der Waals surface area contributed by atoms with Crippen LogP contribution in [0.4, 0.5) is 5.69 Å². The van der Waals surface area contributed by atoms with Crippen molar-refractivity contribution < 1.29 is 9.36 Å². The lowest BCUT2D eigenvalue weighted by Gasteiger charge is -2.13. The highest BCUT2D eigenvalue weighted by Gasteiger charge is 2.22. The first-order valence-corrected chi connectivity index (χ1v) is 9.14. The van der Waals surface area contributed by atoms with Gasteiger partial charge in [0.2, 0.25) is 6.04 Å². The average molecular weight is 345 g/mol. The molecule has 3 rings (SSSR count). The van der Waals surface area contributed by atoms with Crippen molar-refractivity contribution in [1.82, 2.24) is 0 Å². The van der Waals surface area contributed by atoms with Gasteiger partial charge in [-0.1, -0.05) is 61.9 Å². The van der Waals surface area contributed by atoms with E-state index < -0.39 is 0 Å². The van der Waals surface area contributed by atoms with Crippen LogP contribution in [0.5, 0.6) is 0 Å². The van der Waals surface area contributed by atoms with Gasteiger partial charge >= 0.3 is 0 Å². The van der Waals surface area contributed by atoms with Crippen LogP contribution in [-0.2, 0) is 11.2 Å². The zero-order valence-corrected chi connectivity index (χ0v) is 15.4. The van der Waals surface area contributed by atoms with E-state index in [2.05, 4.69) is 36.5 Å². The van der Waals surface area contributed by atoms with Crippen LogP contribution in [0, 0.1) is 0 Å². The smallest absolute Gasteiger partial charge is 0.293 e. The Labute approximate surface area is 155 Å². The van der Waals surface area contributed by atoms with Crippen molar-refractivity contribution in [3.05, 3.63) is 84.7 Å². The lowest BCUT2D eigenvalue weighted by atomic mass is 10.0. The largest absolute Gasteiger partial charge is 0.320 e. The first-order chi connectivity index (χ1) is 12.7. The number of aromatic nitrogens is 1. The maximum atomic E-state index is 12.8. The van der Waals surface area contributed by atoms with Crippen molar-refractivity contribution in [3.8, 4) is 11.1 Å². The summed E-state index contributed by atoms with van der Waals surface area (Å²) >= 11 is 0. The molecule has 132 valence electrons. The molecule has 0 aliphatic heterocycles. The summed E-state index contributed by atoms with van der Waals surface area (Å²) in [4.78, 5) is 12.8. The predicted molar refractivity (Wildman–Crippen MR) is 106 cm³/mol. The first-order valence-electron chi connectivity index (χ1n) is 9.14. The summed E-state index contributed by atoms with van der Waals surface area (Å²) in [5.74, 6) is -0.0263. The molecule has 3 heteroatoms. The van der Waals surface area contributed by atoms with Gasteiger partial charge in [0.1, 0.15) is 0 Å². The number of hydrogen-bond acceptors (Lipinski definition) is 1. The van der Waals surface area contributed by atoms with Crippen molar-refractivity contribution in [1.29, 1.82) is 0 Å². The molecule has 0 aliphatic rings. The Kier molecular flexibility index (Phi) is 5.80. The van der Waals surface area contributed by atoms with Crippen LogP contribution in [-0.4, -0.2) is 5.91 Å². The van der Waals surface area contributed by atoms with E-state index in [0.29, 0.717) is 0 Å². The summed E-state index contributed by atoms with van der Waals surface area (Å²) in [5.41, 5.74) is 4.24. The molecule has 0 bridgehead atoms. The molecule has 0 unspecified atom stereocenters. The Bertz CT molecular complexity index is 857. The normalized spacial score (nSPS) is 11.8. The molecular formula is C23H25N2O+. The van der Waals surface area contributed by atoms with E-state index in [1.54, 1.807) is 0 Å². The van der Waals surface area contributed by atoms with E-state index >= 15 is 0 Å². The molecule has 0 radical (unpaired) electrons. The van der Waals surface area contributed by atoms with Gasteiger partial charge in [0.25, 0.3) is 5.91 Å². The lowest BCUT2D eigenvalue weighted by Crippen LogP contribution is -2.44. The summed E-state index contributed by atoms with van der Waals surface area (Å²) in [5, 5.41) is 3.09. The van der Waals surface area contributed by atoms with Crippen molar-refractivity contribution in [2.45, 2.75) is 32.7 Å². The second-order valence-corrected chi connectivity index (χ2v) is 6.48. The van der Waals surface area contributed by atoms with Crippen LogP contribution < -0.4 is 9.88 Å². The Balaban J connectivity index is 1.78. The minimum absolute atomic E-state index is 0.0263. The number of carbonyl (C=O) groups is 1. The average Bonchev–Trinajstić information content (AvgIpc) is 2.69. The van der Waals surface area contributed by atoms with E-state index in [1.165, 1.54) is 5.56 Å². The van der Waals surface area contributed by atoms with Gasteiger partial charge in [-0.3, -0.25) is 4.79 Å². The van der Waals surface area contributed by atoms with Crippen LogP contribution in [0.25, 0.3) is 11.1 Å². The molecule has 1 atom stereocenters. The number of carbonyl (C=O) groups excluding carboxylic acids is 1. The van der Waals surface area contributed by atoms with E-state index in [1.807, 2.05) is 66.3 Å². The third kappa shape index (κ3) is 4.17. The maximum absolute atomic E-state index is 12.8. The number of amides is 1. The van der Waals surface area contributed by atoms with E-state index in [-0.39, 0.29) is 11.9 Å². The highest BCUT2D eigenvalue weighted by atomic mass is 16.2. The first kappa shape index (κ1) is 17.9. The monoisotopic (exact) mass is 345 g/mol. The Hall–Kier alpha value is -2.94. The van der Waals surface area contributed by atoms with Crippen LogP contribution in [0.1, 0.15) is 31.9 Å². The molecule has 26 heavy (non-hydrogen) atoms. The van der Waals surface area contributed by atoms with Gasteiger partial charge in [-0.2, -0.15) is 4.57 Å². The zero-order chi connectivity index (χ0) is 18.4. The van der Waals surface area contributed by atoms with Gasteiger partial charge in [-0.25, -0.2) is 0 Å². The standard InChI is InChI=1S/C23H24N2O/c1-3-9-19-14-16-25(17-15-19)18(2)23(26)24-22-13-8-7-12-21(22)20-10-5-4-6-11-20/h4-8,10-18H,3,9H2,1-2H3/p+1/t18-/m0/s1.